The molecule has 0 saturated heterocycles. The maximum atomic E-state index is 14.1. The average molecular weight is 620 g/mol. The number of furan rings is 1. The van der Waals surface area contributed by atoms with E-state index in [0.29, 0.717) is 53.5 Å². The van der Waals surface area contributed by atoms with Crippen LogP contribution in [0.5, 0.6) is 5.75 Å². The van der Waals surface area contributed by atoms with Crippen LogP contribution < -0.4 is 19.6 Å². The number of allylic oxidation sites excluding steroid dienone is 1. The number of methoxy groups -OCH3 is 1. The third-order valence-electron chi connectivity index (χ3n) is 7.04. The maximum absolute atomic E-state index is 14.1. The summed E-state index contributed by atoms with van der Waals surface area (Å²) in [6.07, 6.45) is 1.66. The summed E-state index contributed by atoms with van der Waals surface area (Å²) < 4.78 is 19.2. The number of fused-ring (bicyclic) bond motifs is 2. The van der Waals surface area contributed by atoms with Gasteiger partial charge in [0, 0.05) is 22.2 Å². The number of rotatable bonds is 6. The van der Waals surface area contributed by atoms with Crippen LogP contribution in [0.4, 0.5) is 0 Å². The number of halogens is 2. The minimum Gasteiger partial charge on any atom is -0.496 e. The zero-order valence-corrected chi connectivity index (χ0v) is 25.1. The lowest BCUT2D eigenvalue weighted by molar-refractivity contribution is -0.139. The van der Waals surface area contributed by atoms with Crippen LogP contribution in [-0.2, 0) is 9.53 Å². The molecule has 2 aromatic heterocycles. The number of thiazole rings is 1. The Bertz CT molecular complexity index is 2090. The van der Waals surface area contributed by atoms with Gasteiger partial charge in [0.15, 0.2) is 4.80 Å². The summed E-state index contributed by atoms with van der Waals surface area (Å²) in [4.78, 5) is 32.7. The van der Waals surface area contributed by atoms with Gasteiger partial charge >= 0.3 is 5.97 Å². The highest BCUT2D eigenvalue weighted by atomic mass is 35.5. The number of ether oxygens (including phenoxy) is 2. The van der Waals surface area contributed by atoms with Gasteiger partial charge in [-0.3, -0.25) is 9.36 Å². The first-order chi connectivity index (χ1) is 20.3. The molecule has 0 radical (unpaired) electrons. The third-order valence-corrected chi connectivity index (χ3v) is 8.58. The average Bonchev–Trinajstić information content (AvgIpc) is 3.57. The number of esters is 1. The second kappa shape index (κ2) is 11.3. The molecule has 42 heavy (non-hydrogen) atoms. The number of aromatic nitrogens is 1. The predicted octanol–water partition coefficient (Wildman–Crippen LogP) is 6.53. The van der Waals surface area contributed by atoms with Gasteiger partial charge in [0.05, 0.1) is 34.5 Å². The lowest BCUT2D eigenvalue weighted by Crippen LogP contribution is -2.40. The van der Waals surface area contributed by atoms with Crippen molar-refractivity contribution in [2.45, 2.75) is 19.9 Å². The van der Waals surface area contributed by atoms with E-state index in [2.05, 4.69) is 4.99 Å². The van der Waals surface area contributed by atoms with Crippen LogP contribution in [-0.4, -0.2) is 24.3 Å². The van der Waals surface area contributed by atoms with Gasteiger partial charge in [-0.2, -0.15) is 0 Å². The Hall–Kier alpha value is -4.11. The third kappa shape index (κ3) is 4.85. The zero-order valence-electron chi connectivity index (χ0n) is 22.8. The van der Waals surface area contributed by atoms with E-state index in [0.717, 1.165) is 10.8 Å². The van der Waals surface area contributed by atoms with Gasteiger partial charge in [-0.15, -0.1) is 0 Å². The number of hydrogen-bond donors (Lipinski definition) is 0. The van der Waals surface area contributed by atoms with Crippen molar-refractivity contribution < 1.29 is 18.7 Å². The SMILES string of the molecule is CCOC(=O)C1=C(C)N=c2s/c(=C/c3ccc(-c4cc(Cl)ccc4Cl)o3)c(=O)n2C1c1c(OC)ccc2ccccc12. The van der Waals surface area contributed by atoms with E-state index in [4.69, 9.17) is 37.1 Å². The Morgan fingerprint density at radius 3 is 2.71 bits per heavy atom. The highest BCUT2D eigenvalue weighted by molar-refractivity contribution is 7.07. The second-order valence-electron chi connectivity index (χ2n) is 9.53. The van der Waals surface area contributed by atoms with Gasteiger partial charge in [-0.05, 0) is 61.0 Å². The predicted molar refractivity (Wildman–Crippen MR) is 165 cm³/mol. The molecular formula is C32H24Cl2N2O5S. The normalized spacial score (nSPS) is 15.1. The molecule has 5 aromatic rings. The molecule has 6 rings (SSSR count). The van der Waals surface area contributed by atoms with E-state index >= 15 is 0 Å². The van der Waals surface area contributed by atoms with Crippen LogP contribution in [0.2, 0.25) is 10.0 Å². The Balaban J connectivity index is 1.57. The highest BCUT2D eigenvalue weighted by Crippen LogP contribution is 2.40. The summed E-state index contributed by atoms with van der Waals surface area (Å²) in [5, 5.41) is 2.81. The molecule has 0 spiro atoms. The molecule has 1 aliphatic heterocycles. The molecule has 1 unspecified atom stereocenters. The number of carbonyl (C=O) groups excluding carboxylic acids is 1. The molecule has 3 aromatic carbocycles. The molecule has 0 saturated carbocycles. The molecule has 0 aliphatic carbocycles. The van der Waals surface area contributed by atoms with Gasteiger partial charge in [0.1, 0.15) is 23.3 Å². The first kappa shape index (κ1) is 28.0. The summed E-state index contributed by atoms with van der Waals surface area (Å²) >= 11 is 13.7. The molecule has 3 heterocycles. The number of nitrogens with zero attached hydrogens (tertiary/aromatic N) is 2. The van der Waals surface area contributed by atoms with Gasteiger partial charge < -0.3 is 13.9 Å². The summed E-state index contributed by atoms with van der Waals surface area (Å²) in [6.45, 7) is 3.67. The number of hydrogen-bond acceptors (Lipinski definition) is 7. The molecule has 0 N–H and O–H groups in total. The standard InChI is InChI=1S/C32H24Cl2N2O5S/c1-4-40-31(38)27-17(2)35-32-36(29(27)28-21-8-6-5-7-18(21)9-13-25(28)39-3)30(37)26(42-32)16-20-11-14-24(41-20)22-15-19(33)10-12-23(22)34/h5-16,29H,4H2,1-3H3/b26-16+. The first-order valence-electron chi connectivity index (χ1n) is 13.1. The van der Waals surface area contributed by atoms with Gasteiger partial charge in [0.2, 0.25) is 0 Å². The Morgan fingerprint density at radius 1 is 1.12 bits per heavy atom. The monoisotopic (exact) mass is 618 g/mol. The molecule has 0 bridgehead atoms. The molecule has 7 nitrogen and oxygen atoms in total. The van der Waals surface area contributed by atoms with Crippen molar-refractivity contribution in [2.75, 3.05) is 13.7 Å². The van der Waals surface area contributed by atoms with Crippen LogP contribution in [0, 0.1) is 0 Å². The summed E-state index contributed by atoms with van der Waals surface area (Å²) in [7, 11) is 1.57. The van der Waals surface area contributed by atoms with Crippen molar-refractivity contribution >= 4 is 57.4 Å². The first-order valence-corrected chi connectivity index (χ1v) is 14.7. The maximum Gasteiger partial charge on any atom is 0.338 e. The Labute approximate surface area is 254 Å². The van der Waals surface area contributed by atoms with Crippen molar-refractivity contribution in [3.8, 4) is 17.1 Å². The zero-order chi connectivity index (χ0) is 29.5. The number of benzene rings is 3. The van der Waals surface area contributed by atoms with E-state index in [9.17, 15) is 9.59 Å². The lowest BCUT2D eigenvalue weighted by atomic mass is 9.90. The van der Waals surface area contributed by atoms with Crippen LogP contribution in [0.25, 0.3) is 28.2 Å². The number of carbonyl (C=O) groups is 1. The molecule has 1 aliphatic rings. The van der Waals surface area contributed by atoms with E-state index in [-0.39, 0.29) is 17.7 Å². The largest absolute Gasteiger partial charge is 0.496 e. The van der Waals surface area contributed by atoms with Crippen LogP contribution in [0.3, 0.4) is 0 Å². The molecule has 0 amide bonds. The van der Waals surface area contributed by atoms with Crippen LogP contribution >= 0.6 is 34.5 Å². The van der Waals surface area contributed by atoms with Gasteiger partial charge in [-0.1, -0.05) is 64.9 Å². The highest BCUT2D eigenvalue weighted by Gasteiger charge is 2.36. The van der Waals surface area contributed by atoms with Crippen molar-refractivity contribution in [3.05, 3.63) is 119 Å². The minimum absolute atomic E-state index is 0.177. The fourth-order valence-corrected chi connectivity index (χ4v) is 6.60. The van der Waals surface area contributed by atoms with Crippen LogP contribution in [0.15, 0.2) is 92.2 Å². The molecule has 0 fully saturated rings. The topological polar surface area (TPSA) is 83.0 Å². The smallest absolute Gasteiger partial charge is 0.338 e. The Morgan fingerprint density at radius 2 is 1.93 bits per heavy atom. The van der Waals surface area contributed by atoms with E-state index in [1.54, 1.807) is 57.4 Å². The molecular weight excluding hydrogens is 595 g/mol. The minimum atomic E-state index is -0.832. The van der Waals surface area contributed by atoms with E-state index in [1.807, 2.05) is 36.4 Å². The van der Waals surface area contributed by atoms with E-state index in [1.165, 1.54) is 15.9 Å². The van der Waals surface area contributed by atoms with Crippen molar-refractivity contribution in [1.82, 2.24) is 4.57 Å². The van der Waals surface area contributed by atoms with Crippen molar-refractivity contribution in [3.63, 3.8) is 0 Å². The van der Waals surface area contributed by atoms with Crippen LogP contribution in [0.1, 0.15) is 31.2 Å². The second-order valence-corrected chi connectivity index (χ2v) is 11.4. The quantitative estimate of drug-likeness (QED) is 0.202. The fourth-order valence-electron chi connectivity index (χ4n) is 5.19. The van der Waals surface area contributed by atoms with Gasteiger partial charge in [-0.25, -0.2) is 9.79 Å². The lowest BCUT2D eigenvalue weighted by Gasteiger charge is -2.27. The summed E-state index contributed by atoms with van der Waals surface area (Å²) in [5.74, 6) is 0.966. The summed E-state index contributed by atoms with van der Waals surface area (Å²) in [5.41, 5.74) is 1.74. The molecule has 1 atom stereocenters. The van der Waals surface area contributed by atoms with Gasteiger partial charge in [0.25, 0.3) is 5.56 Å². The summed E-state index contributed by atoms with van der Waals surface area (Å²) in [6, 6.07) is 19.4. The fraction of sp³-hybridized carbons (Fsp3) is 0.156. The molecule has 10 heteroatoms. The molecule has 212 valence electrons. The Kier molecular flexibility index (Phi) is 7.53. The van der Waals surface area contributed by atoms with Crippen molar-refractivity contribution in [1.29, 1.82) is 0 Å². The van der Waals surface area contributed by atoms with E-state index < -0.39 is 12.0 Å². The van der Waals surface area contributed by atoms with Crippen molar-refractivity contribution in [2.24, 2.45) is 4.99 Å².